The number of phosphoric acid groups is 1. The Balaban J connectivity index is 4.17. The van der Waals surface area contributed by atoms with Crippen molar-refractivity contribution in [2.45, 2.75) is 193 Å². The highest BCUT2D eigenvalue weighted by Crippen LogP contribution is 2.43. The summed E-state index contributed by atoms with van der Waals surface area (Å²) in [6, 6.07) is 0. The van der Waals surface area contributed by atoms with Crippen LogP contribution in [0, 0.1) is 0 Å². The van der Waals surface area contributed by atoms with Gasteiger partial charge in [0, 0.05) is 19.4 Å². The van der Waals surface area contributed by atoms with Gasteiger partial charge in [-0.15, -0.1) is 0 Å². The third-order valence-electron chi connectivity index (χ3n) is 8.79. The molecule has 0 saturated carbocycles. The van der Waals surface area contributed by atoms with Crippen molar-refractivity contribution in [2.75, 3.05) is 26.4 Å². The Morgan fingerprint density at radius 3 is 1.58 bits per heavy atom. The average molecular weight is 756 g/mol. The molecule has 3 N–H and O–H groups in total. The maximum Gasteiger partial charge on any atom is 0.472 e. The van der Waals surface area contributed by atoms with Crippen molar-refractivity contribution < 1.29 is 37.6 Å². The van der Waals surface area contributed by atoms with Crippen LogP contribution >= 0.6 is 7.82 Å². The number of nitrogens with two attached hydrogens (primary N) is 1. The van der Waals surface area contributed by atoms with Gasteiger partial charge in [0.2, 0.25) is 0 Å². The molecule has 0 aliphatic carbocycles. The molecule has 0 aromatic carbocycles. The second kappa shape index (κ2) is 38.9. The minimum absolute atomic E-state index is 0.0506. The third kappa shape index (κ3) is 38.0. The van der Waals surface area contributed by atoms with Crippen molar-refractivity contribution in [3.05, 3.63) is 36.5 Å². The average Bonchev–Trinajstić information content (AvgIpc) is 3.13. The fourth-order valence-corrected chi connectivity index (χ4v) is 6.47. The highest BCUT2D eigenvalue weighted by molar-refractivity contribution is 7.47. The van der Waals surface area contributed by atoms with Crippen LogP contribution in [0.15, 0.2) is 36.5 Å². The van der Waals surface area contributed by atoms with E-state index in [-0.39, 0.29) is 38.6 Å². The first kappa shape index (κ1) is 50.2. The van der Waals surface area contributed by atoms with Crippen LogP contribution in [0.25, 0.3) is 0 Å². The Labute approximate surface area is 318 Å². The summed E-state index contributed by atoms with van der Waals surface area (Å²) in [6.07, 6.45) is 41.7. The molecule has 0 saturated heterocycles. The van der Waals surface area contributed by atoms with Crippen LogP contribution in [0.5, 0.6) is 0 Å². The van der Waals surface area contributed by atoms with E-state index in [0.29, 0.717) is 6.42 Å². The summed E-state index contributed by atoms with van der Waals surface area (Å²) in [5.41, 5.74) is 5.34. The van der Waals surface area contributed by atoms with E-state index in [9.17, 15) is 19.0 Å². The van der Waals surface area contributed by atoms with Crippen molar-refractivity contribution in [2.24, 2.45) is 5.73 Å². The Morgan fingerprint density at radius 2 is 1.06 bits per heavy atom. The van der Waals surface area contributed by atoms with E-state index in [1.165, 1.54) is 83.5 Å². The molecular formula is C42H78NO8P. The highest BCUT2D eigenvalue weighted by atomic mass is 31.2. The molecule has 304 valence electrons. The number of esters is 2. The van der Waals surface area contributed by atoms with Gasteiger partial charge in [0.15, 0.2) is 6.10 Å². The Morgan fingerprint density at radius 1 is 0.596 bits per heavy atom. The van der Waals surface area contributed by atoms with Gasteiger partial charge in [0.05, 0.1) is 13.2 Å². The largest absolute Gasteiger partial charge is 0.472 e. The van der Waals surface area contributed by atoms with E-state index in [4.69, 9.17) is 24.3 Å². The summed E-state index contributed by atoms with van der Waals surface area (Å²) in [7, 11) is -4.38. The number of carbonyl (C=O) groups is 2. The van der Waals surface area contributed by atoms with Crippen LogP contribution in [-0.2, 0) is 32.7 Å². The lowest BCUT2D eigenvalue weighted by Crippen LogP contribution is -2.29. The van der Waals surface area contributed by atoms with Crippen LogP contribution in [0.4, 0.5) is 0 Å². The first-order chi connectivity index (χ1) is 25.3. The number of rotatable bonds is 39. The number of phosphoric ester groups is 1. The monoisotopic (exact) mass is 756 g/mol. The number of hydrogen-bond donors (Lipinski definition) is 2. The Hall–Kier alpha value is -1.77. The molecule has 0 aliphatic heterocycles. The fourth-order valence-electron chi connectivity index (χ4n) is 5.71. The second-order valence-corrected chi connectivity index (χ2v) is 15.3. The normalized spacial score (nSPS) is 13.7. The molecule has 0 aromatic heterocycles. The molecule has 52 heavy (non-hydrogen) atoms. The maximum atomic E-state index is 12.6. The molecule has 0 heterocycles. The molecular weight excluding hydrogens is 677 g/mol. The summed E-state index contributed by atoms with van der Waals surface area (Å²) in [5.74, 6) is -0.844. The Bertz CT molecular complexity index is 954. The van der Waals surface area contributed by atoms with Gasteiger partial charge in [0.25, 0.3) is 0 Å². The van der Waals surface area contributed by atoms with E-state index in [1.807, 2.05) is 0 Å². The van der Waals surface area contributed by atoms with Crippen LogP contribution in [0.3, 0.4) is 0 Å². The maximum absolute atomic E-state index is 12.6. The quantitative estimate of drug-likeness (QED) is 0.0272. The summed E-state index contributed by atoms with van der Waals surface area (Å²) in [6.45, 7) is 3.61. The number of allylic oxidation sites excluding steroid dienone is 6. The predicted molar refractivity (Wildman–Crippen MR) is 215 cm³/mol. The first-order valence-electron chi connectivity index (χ1n) is 21.0. The van der Waals surface area contributed by atoms with Gasteiger partial charge in [0.1, 0.15) is 6.61 Å². The molecule has 0 radical (unpaired) electrons. The molecule has 0 aliphatic rings. The van der Waals surface area contributed by atoms with Gasteiger partial charge in [-0.3, -0.25) is 18.6 Å². The van der Waals surface area contributed by atoms with Crippen molar-refractivity contribution >= 4 is 19.8 Å². The Kier molecular flexibility index (Phi) is 37.6. The zero-order chi connectivity index (χ0) is 38.2. The van der Waals surface area contributed by atoms with Crippen LogP contribution in [-0.4, -0.2) is 49.3 Å². The molecule has 0 amide bonds. The zero-order valence-electron chi connectivity index (χ0n) is 33.3. The summed E-state index contributed by atoms with van der Waals surface area (Å²) >= 11 is 0. The third-order valence-corrected chi connectivity index (χ3v) is 9.77. The molecule has 9 nitrogen and oxygen atoms in total. The summed E-state index contributed by atoms with van der Waals surface area (Å²) in [4.78, 5) is 34.8. The molecule has 0 aromatic rings. The predicted octanol–water partition coefficient (Wildman–Crippen LogP) is 11.8. The topological polar surface area (TPSA) is 134 Å². The molecule has 0 rings (SSSR count). The van der Waals surface area contributed by atoms with E-state index in [1.54, 1.807) is 0 Å². The van der Waals surface area contributed by atoms with Crippen LogP contribution < -0.4 is 5.73 Å². The number of ether oxygens (including phenoxy) is 2. The van der Waals surface area contributed by atoms with Gasteiger partial charge < -0.3 is 20.1 Å². The van der Waals surface area contributed by atoms with Gasteiger partial charge in [-0.2, -0.15) is 0 Å². The van der Waals surface area contributed by atoms with Gasteiger partial charge in [-0.05, 0) is 44.9 Å². The van der Waals surface area contributed by atoms with Crippen molar-refractivity contribution in [1.82, 2.24) is 0 Å². The summed E-state index contributed by atoms with van der Waals surface area (Å²) < 4.78 is 32.7. The molecule has 0 bridgehead atoms. The molecule has 10 heteroatoms. The highest BCUT2D eigenvalue weighted by Gasteiger charge is 2.26. The first-order valence-corrected chi connectivity index (χ1v) is 22.5. The van der Waals surface area contributed by atoms with Gasteiger partial charge in [-0.25, -0.2) is 4.57 Å². The molecule has 0 spiro atoms. The van der Waals surface area contributed by atoms with Crippen molar-refractivity contribution in [1.29, 1.82) is 0 Å². The van der Waals surface area contributed by atoms with Crippen molar-refractivity contribution in [3.63, 3.8) is 0 Å². The van der Waals surface area contributed by atoms with E-state index < -0.39 is 26.5 Å². The lowest BCUT2D eigenvalue weighted by atomic mass is 10.0. The minimum atomic E-state index is -4.38. The van der Waals surface area contributed by atoms with Crippen LogP contribution in [0.2, 0.25) is 0 Å². The van der Waals surface area contributed by atoms with Crippen LogP contribution in [0.1, 0.15) is 187 Å². The SMILES string of the molecule is CC/C=C/C/C=C/C/C=C/CCCCCCCC(=O)O[C@H](COC(=O)CCCCCCCCCCCCCCCCCC)COP(=O)(O)OCCN. The molecule has 2 atom stereocenters. The molecule has 0 fully saturated rings. The standard InChI is InChI=1S/C42H78NO8P/c1-3-5-7-9-11-13-15-17-19-21-22-24-26-28-30-32-34-41(44)48-38-40(39-50-52(46,47)49-37-36-43)51-42(45)35-33-31-29-27-25-23-20-18-16-14-12-10-8-6-4-2/h6,8,12,14,18,20,40H,3-5,7,9-11,13,15-17,19,21-39,43H2,1-2H3,(H,46,47)/b8-6+,14-12+,20-18+/t40-/m1/s1. The van der Waals surface area contributed by atoms with Gasteiger partial charge >= 0.3 is 19.8 Å². The second-order valence-electron chi connectivity index (χ2n) is 13.8. The number of unbranched alkanes of at least 4 members (excludes halogenated alkanes) is 20. The van der Waals surface area contributed by atoms with E-state index in [2.05, 4.69) is 50.3 Å². The van der Waals surface area contributed by atoms with E-state index >= 15 is 0 Å². The van der Waals surface area contributed by atoms with Gasteiger partial charge in [-0.1, -0.05) is 166 Å². The summed E-state index contributed by atoms with van der Waals surface area (Å²) in [5, 5.41) is 0. The molecule has 1 unspecified atom stereocenters. The van der Waals surface area contributed by atoms with Crippen molar-refractivity contribution in [3.8, 4) is 0 Å². The zero-order valence-corrected chi connectivity index (χ0v) is 34.2. The smallest absolute Gasteiger partial charge is 0.462 e. The van der Waals surface area contributed by atoms with E-state index in [0.717, 1.165) is 70.6 Å². The minimum Gasteiger partial charge on any atom is -0.462 e. The fraction of sp³-hybridized carbons (Fsp3) is 0.810. The number of carbonyl (C=O) groups excluding carboxylic acids is 2. The number of hydrogen-bond acceptors (Lipinski definition) is 8. The lowest BCUT2D eigenvalue weighted by molar-refractivity contribution is -0.161. The lowest BCUT2D eigenvalue weighted by Gasteiger charge is -2.19.